The molecule has 0 spiro atoms. The van der Waals surface area contributed by atoms with Crippen LogP contribution >= 0.6 is 0 Å². The zero-order valence-electron chi connectivity index (χ0n) is 17.4. The van der Waals surface area contributed by atoms with Gasteiger partial charge in [-0.05, 0) is 98.3 Å². The molecule has 0 aliphatic heterocycles. The highest BCUT2D eigenvalue weighted by Crippen LogP contribution is 2.30. The van der Waals surface area contributed by atoms with Crippen LogP contribution < -0.4 is 9.47 Å². The third kappa shape index (κ3) is 5.16. The first-order valence-electron chi connectivity index (χ1n) is 10.2. The zero-order chi connectivity index (χ0) is 19.9. The summed E-state index contributed by atoms with van der Waals surface area (Å²) in [6.07, 6.45) is 4.93. The Morgan fingerprint density at radius 3 is 2.04 bits per heavy atom. The van der Waals surface area contributed by atoms with Crippen LogP contribution in [0.3, 0.4) is 0 Å². The van der Waals surface area contributed by atoms with E-state index in [1.54, 1.807) is 0 Å². The monoisotopic (exact) mass is 374 g/mol. The fraction of sp³-hybridized carbons (Fsp3) is 0.308. The number of benzene rings is 3. The van der Waals surface area contributed by atoms with E-state index in [0.717, 1.165) is 35.0 Å². The van der Waals surface area contributed by atoms with Crippen molar-refractivity contribution in [1.29, 1.82) is 0 Å². The van der Waals surface area contributed by atoms with Crippen LogP contribution in [-0.2, 0) is 6.42 Å². The van der Waals surface area contributed by atoms with E-state index in [4.69, 9.17) is 9.47 Å². The molecular formula is C26H30O2. The van der Waals surface area contributed by atoms with Crippen LogP contribution in [0.4, 0.5) is 0 Å². The average Bonchev–Trinajstić information content (AvgIpc) is 2.69. The first kappa shape index (κ1) is 20.0. The van der Waals surface area contributed by atoms with Gasteiger partial charge in [0.15, 0.2) is 0 Å². The van der Waals surface area contributed by atoms with Crippen LogP contribution in [0.15, 0.2) is 60.7 Å². The van der Waals surface area contributed by atoms with E-state index in [-0.39, 0.29) is 0 Å². The Labute approximate surface area is 169 Å². The second kappa shape index (κ2) is 9.45. The van der Waals surface area contributed by atoms with Gasteiger partial charge in [-0.3, -0.25) is 0 Å². The third-order valence-corrected chi connectivity index (χ3v) is 5.21. The minimum Gasteiger partial charge on any atom is -0.457 e. The summed E-state index contributed by atoms with van der Waals surface area (Å²) >= 11 is 0. The number of hydrogen-bond acceptors (Lipinski definition) is 2. The molecule has 2 nitrogen and oxygen atoms in total. The quantitative estimate of drug-likeness (QED) is 0.373. The molecule has 0 heterocycles. The van der Waals surface area contributed by atoms with E-state index < -0.39 is 0 Å². The predicted octanol–water partition coefficient (Wildman–Crippen LogP) is 7.93. The van der Waals surface area contributed by atoms with Gasteiger partial charge in [0.2, 0.25) is 0 Å². The van der Waals surface area contributed by atoms with Gasteiger partial charge in [0.25, 0.3) is 0 Å². The second-order valence-electron chi connectivity index (χ2n) is 7.42. The number of aryl methyl sites for hydroxylation is 3. The molecule has 0 amide bonds. The summed E-state index contributed by atoms with van der Waals surface area (Å²) in [6.45, 7) is 8.57. The minimum atomic E-state index is 0.809. The summed E-state index contributed by atoms with van der Waals surface area (Å²) in [5.74, 6) is 3.39. The van der Waals surface area contributed by atoms with Gasteiger partial charge in [0, 0.05) is 0 Å². The normalized spacial score (nSPS) is 10.7. The molecule has 0 aliphatic rings. The first-order chi connectivity index (χ1) is 13.6. The van der Waals surface area contributed by atoms with Gasteiger partial charge >= 0.3 is 0 Å². The summed E-state index contributed by atoms with van der Waals surface area (Å²) in [4.78, 5) is 0. The lowest BCUT2D eigenvalue weighted by Crippen LogP contribution is -1.92. The molecule has 0 bridgehead atoms. The molecule has 3 rings (SSSR count). The summed E-state index contributed by atoms with van der Waals surface area (Å²) in [5, 5.41) is 0. The van der Waals surface area contributed by atoms with E-state index in [1.807, 2.05) is 36.4 Å². The summed E-state index contributed by atoms with van der Waals surface area (Å²) in [7, 11) is 0. The lowest BCUT2D eigenvalue weighted by molar-refractivity contribution is 0.467. The molecule has 2 heteroatoms. The molecule has 146 valence electrons. The predicted molar refractivity (Wildman–Crippen MR) is 117 cm³/mol. The van der Waals surface area contributed by atoms with Crippen molar-refractivity contribution in [2.45, 2.75) is 53.4 Å². The van der Waals surface area contributed by atoms with E-state index in [1.165, 1.54) is 36.0 Å². The van der Waals surface area contributed by atoms with Crippen LogP contribution in [0.2, 0.25) is 0 Å². The molecule has 0 unspecified atom stereocenters. The highest BCUT2D eigenvalue weighted by atomic mass is 16.5. The molecule has 3 aromatic carbocycles. The van der Waals surface area contributed by atoms with Crippen molar-refractivity contribution in [3.8, 4) is 23.0 Å². The van der Waals surface area contributed by atoms with Crippen LogP contribution in [0.1, 0.15) is 48.4 Å². The van der Waals surface area contributed by atoms with E-state index in [9.17, 15) is 0 Å². The average molecular weight is 375 g/mol. The Hall–Kier alpha value is -2.74. The van der Waals surface area contributed by atoms with E-state index >= 15 is 0 Å². The van der Waals surface area contributed by atoms with E-state index in [0.29, 0.717) is 0 Å². The molecule has 0 aromatic heterocycles. The number of rotatable bonds is 8. The van der Waals surface area contributed by atoms with Crippen LogP contribution in [0, 0.1) is 20.8 Å². The van der Waals surface area contributed by atoms with Crippen molar-refractivity contribution >= 4 is 0 Å². The zero-order valence-corrected chi connectivity index (χ0v) is 17.4. The van der Waals surface area contributed by atoms with Crippen LogP contribution in [0.25, 0.3) is 0 Å². The van der Waals surface area contributed by atoms with Gasteiger partial charge in [-0.15, -0.1) is 0 Å². The van der Waals surface area contributed by atoms with Crippen LogP contribution in [-0.4, -0.2) is 0 Å². The Morgan fingerprint density at radius 1 is 0.679 bits per heavy atom. The smallest absolute Gasteiger partial charge is 0.130 e. The van der Waals surface area contributed by atoms with Gasteiger partial charge in [-0.25, -0.2) is 0 Å². The number of unbranched alkanes of at least 4 members (excludes halogenated alkanes) is 2. The van der Waals surface area contributed by atoms with Crippen molar-refractivity contribution in [2.24, 2.45) is 0 Å². The SMILES string of the molecule is CCCCCc1ccc(Oc2ccc(Oc3cccc(C)c3C)cc2)cc1C. The summed E-state index contributed by atoms with van der Waals surface area (Å²) in [6, 6.07) is 20.3. The molecule has 0 atom stereocenters. The van der Waals surface area contributed by atoms with Gasteiger partial charge in [-0.2, -0.15) is 0 Å². The molecule has 0 saturated carbocycles. The maximum absolute atomic E-state index is 6.03. The van der Waals surface area contributed by atoms with Gasteiger partial charge in [-0.1, -0.05) is 38.0 Å². The number of ether oxygens (including phenoxy) is 2. The Balaban J connectivity index is 1.64. The molecule has 0 fully saturated rings. The molecule has 28 heavy (non-hydrogen) atoms. The van der Waals surface area contributed by atoms with Crippen molar-refractivity contribution in [1.82, 2.24) is 0 Å². The first-order valence-corrected chi connectivity index (χ1v) is 10.2. The fourth-order valence-electron chi connectivity index (χ4n) is 3.25. The lowest BCUT2D eigenvalue weighted by atomic mass is 10.0. The van der Waals surface area contributed by atoms with Crippen LogP contribution in [0.5, 0.6) is 23.0 Å². The molecular weight excluding hydrogens is 344 g/mol. The van der Waals surface area contributed by atoms with Crippen molar-refractivity contribution < 1.29 is 9.47 Å². The van der Waals surface area contributed by atoms with Gasteiger partial charge < -0.3 is 9.47 Å². The third-order valence-electron chi connectivity index (χ3n) is 5.21. The largest absolute Gasteiger partial charge is 0.457 e. The minimum absolute atomic E-state index is 0.809. The summed E-state index contributed by atoms with van der Waals surface area (Å²) < 4.78 is 12.1. The molecule has 0 N–H and O–H groups in total. The molecule has 0 aliphatic carbocycles. The van der Waals surface area contributed by atoms with Crippen molar-refractivity contribution in [3.05, 3.63) is 82.9 Å². The van der Waals surface area contributed by atoms with E-state index in [2.05, 4.69) is 52.0 Å². The molecule has 0 radical (unpaired) electrons. The number of hydrogen-bond donors (Lipinski definition) is 0. The lowest BCUT2D eigenvalue weighted by Gasteiger charge is -2.12. The molecule has 0 saturated heterocycles. The fourth-order valence-corrected chi connectivity index (χ4v) is 3.25. The molecule has 3 aromatic rings. The Kier molecular flexibility index (Phi) is 6.76. The van der Waals surface area contributed by atoms with Gasteiger partial charge in [0.05, 0.1) is 0 Å². The highest BCUT2D eigenvalue weighted by molar-refractivity contribution is 5.43. The maximum Gasteiger partial charge on any atom is 0.130 e. The summed E-state index contributed by atoms with van der Waals surface area (Å²) in [5.41, 5.74) is 5.10. The van der Waals surface area contributed by atoms with Crippen molar-refractivity contribution in [2.75, 3.05) is 0 Å². The second-order valence-corrected chi connectivity index (χ2v) is 7.42. The Bertz CT molecular complexity index is 910. The standard InChI is InChI=1S/C26H30O2/c1-5-6-7-10-22-12-13-25(18-20(22)3)27-23-14-16-24(17-15-23)28-26-11-8-9-19(2)21(26)4/h8-9,11-18H,5-7,10H2,1-4H3. The Morgan fingerprint density at radius 2 is 1.36 bits per heavy atom. The van der Waals surface area contributed by atoms with Crippen molar-refractivity contribution in [3.63, 3.8) is 0 Å². The maximum atomic E-state index is 6.03. The van der Waals surface area contributed by atoms with Gasteiger partial charge in [0.1, 0.15) is 23.0 Å². The topological polar surface area (TPSA) is 18.5 Å². The highest BCUT2D eigenvalue weighted by Gasteiger charge is 2.05.